The summed E-state index contributed by atoms with van der Waals surface area (Å²) in [6, 6.07) is 0. The third-order valence-corrected chi connectivity index (χ3v) is 2.07. The highest BCUT2D eigenvalue weighted by atomic mass is 16.6. The first-order valence-electron chi connectivity index (χ1n) is 6.18. The van der Waals surface area contributed by atoms with E-state index in [1.165, 1.54) is 0 Å². The molecule has 17 heavy (non-hydrogen) atoms. The van der Waals surface area contributed by atoms with Crippen molar-refractivity contribution in [2.45, 2.75) is 33.3 Å². The summed E-state index contributed by atoms with van der Waals surface area (Å²) in [5.41, 5.74) is 0. The van der Waals surface area contributed by atoms with Gasteiger partial charge in [0.05, 0.1) is 19.3 Å². The number of rotatable bonds is 10. The van der Waals surface area contributed by atoms with Crippen molar-refractivity contribution in [3.63, 3.8) is 0 Å². The SMILES string of the molecule is CCOC(=O)COCCNCC(O)CC(C)C. The van der Waals surface area contributed by atoms with Gasteiger partial charge in [-0.05, 0) is 19.3 Å². The van der Waals surface area contributed by atoms with Crippen molar-refractivity contribution in [3.8, 4) is 0 Å². The lowest BCUT2D eigenvalue weighted by atomic mass is 10.1. The first-order valence-corrected chi connectivity index (χ1v) is 6.18. The lowest BCUT2D eigenvalue weighted by Gasteiger charge is -2.13. The molecular weight excluding hydrogens is 222 g/mol. The van der Waals surface area contributed by atoms with Crippen LogP contribution >= 0.6 is 0 Å². The predicted octanol–water partition coefficient (Wildman–Crippen LogP) is 0.563. The Morgan fingerprint density at radius 1 is 1.41 bits per heavy atom. The maximum atomic E-state index is 10.9. The minimum atomic E-state index is -0.340. The Hall–Kier alpha value is -0.650. The summed E-state index contributed by atoms with van der Waals surface area (Å²) >= 11 is 0. The minimum absolute atomic E-state index is 0.00985. The van der Waals surface area contributed by atoms with Gasteiger partial charge in [-0.25, -0.2) is 4.79 Å². The van der Waals surface area contributed by atoms with Crippen LogP contribution in [0.2, 0.25) is 0 Å². The molecule has 0 radical (unpaired) electrons. The van der Waals surface area contributed by atoms with Crippen molar-refractivity contribution < 1.29 is 19.4 Å². The summed E-state index contributed by atoms with van der Waals surface area (Å²) < 4.78 is 9.80. The number of esters is 1. The lowest BCUT2D eigenvalue weighted by Crippen LogP contribution is -2.30. The van der Waals surface area contributed by atoms with Gasteiger partial charge in [-0.1, -0.05) is 13.8 Å². The van der Waals surface area contributed by atoms with Gasteiger partial charge in [0.25, 0.3) is 0 Å². The van der Waals surface area contributed by atoms with Crippen molar-refractivity contribution in [1.29, 1.82) is 0 Å². The Morgan fingerprint density at radius 3 is 2.71 bits per heavy atom. The molecule has 0 aliphatic carbocycles. The number of aliphatic hydroxyl groups excluding tert-OH is 1. The summed E-state index contributed by atoms with van der Waals surface area (Å²) in [5, 5.41) is 12.6. The molecule has 0 aliphatic heterocycles. The van der Waals surface area contributed by atoms with E-state index in [1.54, 1.807) is 6.92 Å². The number of carbonyl (C=O) groups is 1. The van der Waals surface area contributed by atoms with Crippen LogP contribution in [0.15, 0.2) is 0 Å². The Labute approximate surface area is 103 Å². The molecule has 2 N–H and O–H groups in total. The quantitative estimate of drug-likeness (QED) is 0.436. The first kappa shape index (κ1) is 16.4. The van der Waals surface area contributed by atoms with E-state index in [9.17, 15) is 9.90 Å². The van der Waals surface area contributed by atoms with Gasteiger partial charge in [0.1, 0.15) is 6.61 Å². The van der Waals surface area contributed by atoms with Gasteiger partial charge in [-0.3, -0.25) is 0 Å². The molecule has 5 heteroatoms. The molecule has 0 bridgehead atoms. The zero-order valence-electron chi connectivity index (χ0n) is 11.1. The van der Waals surface area contributed by atoms with Crippen molar-refractivity contribution in [3.05, 3.63) is 0 Å². The molecular formula is C12H25NO4. The fraction of sp³-hybridized carbons (Fsp3) is 0.917. The van der Waals surface area contributed by atoms with Crippen molar-refractivity contribution >= 4 is 5.97 Å². The van der Waals surface area contributed by atoms with Gasteiger partial charge in [0, 0.05) is 13.1 Å². The van der Waals surface area contributed by atoms with Crippen molar-refractivity contribution in [2.75, 3.05) is 32.9 Å². The van der Waals surface area contributed by atoms with E-state index in [0.717, 1.165) is 6.42 Å². The van der Waals surface area contributed by atoms with Crippen LogP contribution in [-0.2, 0) is 14.3 Å². The highest BCUT2D eigenvalue weighted by molar-refractivity contribution is 5.70. The molecule has 1 atom stereocenters. The second-order valence-corrected chi connectivity index (χ2v) is 4.35. The standard InChI is InChI=1S/C12H25NO4/c1-4-17-12(15)9-16-6-5-13-8-11(14)7-10(2)3/h10-11,13-14H,4-9H2,1-3H3. The van der Waals surface area contributed by atoms with E-state index in [0.29, 0.717) is 32.2 Å². The number of hydrogen-bond donors (Lipinski definition) is 2. The highest BCUT2D eigenvalue weighted by Gasteiger charge is 2.06. The lowest BCUT2D eigenvalue weighted by molar-refractivity contribution is -0.148. The van der Waals surface area contributed by atoms with Gasteiger partial charge in [0.15, 0.2) is 0 Å². The van der Waals surface area contributed by atoms with Gasteiger partial charge >= 0.3 is 5.97 Å². The molecule has 0 saturated heterocycles. The van der Waals surface area contributed by atoms with E-state index in [1.807, 2.05) is 0 Å². The molecule has 0 aromatic rings. The molecule has 5 nitrogen and oxygen atoms in total. The molecule has 0 aromatic carbocycles. The van der Waals surface area contributed by atoms with Crippen LogP contribution in [-0.4, -0.2) is 50.1 Å². The monoisotopic (exact) mass is 247 g/mol. The maximum absolute atomic E-state index is 10.9. The fourth-order valence-electron chi connectivity index (χ4n) is 1.40. The van der Waals surface area contributed by atoms with Crippen molar-refractivity contribution in [2.24, 2.45) is 5.92 Å². The van der Waals surface area contributed by atoms with E-state index in [-0.39, 0.29) is 18.7 Å². The fourth-order valence-corrected chi connectivity index (χ4v) is 1.40. The summed E-state index contributed by atoms with van der Waals surface area (Å²) in [4.78, 5) is 10.9. The third-order valence-electron chi connectivity index (χ3n) is 2.07. The molecule has 1 unspecified atom stereocenters. The van der Waals surface area contributed by atoms with Gasteiger partial charge in [-0.15, -0.1) is 0 Å². The molecule has 0 spiro atoms. The van der Waals surface area contributed by atoms with Crippen LogP contribution in [0, 0.1) is 5.92 Å². The minimum Gasteiger partial charge on any atom is -0.464 e. The molecule has 0 aromatic heterocycles. The molecule has 0 amide bonds. The van der Waals surface area contributed by atoms with Crippen LogP contribution in [0.4, 0.5) is 0 Å². The van der Waals surface area contributed by atoms with Gasteiger partial charge in [-0.2, -0.15) is 0 Å². The van der Waals surface area contributed by atoms with Crippen molar-refractivity contribution in [1.82, 2.24) is 5.32 Å². The first-order chi connectivity index (χ1) is 8.06. The number of nitrogens with one attached hydrogen (secondary N) is 1. The second kappa shape index (κ2) is 10.5. The van der Waals surface area contributed by atoms with Crippen LogP contribution in [0.3, 0.4) is 0 Å². The zero-order valence-corrected chi connectivity index (χ0v) is 11.1. The highest BCUT2D eigenvalue weighted by Crippen LogP contribution is 2.02. The summed E-state index contributed by atoms with van der Waals surface area (Å²) in [7, 11) is 0. The van der Waals surface area contributed by atoms with Gasteiger partial charge < -0.3 is 19.9 Å². The Kier molecular flexibility index (Phi) is 10.1. The molecule has 0 fully saturated rings. The molecule has 0 aliphatic rings. The summed E-state index contributed by atoms with van der Waals surface area (Å²) in [6.45, 7) is 7.89. The normalized spacial score (nSPS) is 12.8. The van der Waals surface area contributed by atoms with E-state index < -0.39 is 0 Å². The Morgan fingerprint density at radius 2 is 2.12 bits per heavy atom. The number of carbonyl (C=O) groups excluding carboxylic acids is 1. The molecule has 0 saturated carbocycles. The summed E-state index contributed by atoms with van der Waals surface area (Å²) in [6.07, 6.45) is 0.469. The van der Waals surface area contributed by atoms with Gasteiger partial charge in [0.2, 0.25) is 0 Å². The summed E-state index contributed by atoms with van der Waals surface area (Å²) in [5.74, 6) is 0.152. The average molecular weight is 247 g/mol. The maximum Gasteiger partial charge on any atom is 0.332 e. The second-order valence-electron chi connectivity index (χ2n) is 4.35. The van der Waals surface area contributed by atoms with E-state index in [4.69, 9.17) is 9.47 Å². The number of ether oxygens (including phenoxy) is 2. The van der Waals surface area contributed by atoms with Crippen LogP contribution in [0.25, 0.3) is 0 Å². The zero-order chi connectivity index (χ0) is 13.1. The smallest absolute Gasteiger partial charge is 0.332 e. The molecule has 0 rings (SSSR count). The Balaban J connectivity index is 3.26. The molecule has 102 valence electrons. The number of hydrogen-bond acceptors (Lipinski definition) is 5. The third kappa shape index (κ3) is 11.6. The predicted molar refractivity (Wildman–Crippen MR) is 65.8 cm³/mol. The molecule has 0 heterocycles. The topological polar surface area (TPSA) is 67.8 Å². The Bertz CT molecular complexity index is 197. The van der Waals surface area contributed by atoms with Crippen LogP contribution in [0.5, 0.6) is 0 Å². The van der Waals surface area contributed by atoms with Crippen LogP contribution < -0.4 is 5.32 Å². The number of aliphatic hydroxyl groups is 1. The average Bonchev–Trinajstić information content (AvgIpc) is 2.22. The van der Waals surface area contributed by atoms with E-state index in [2.05, 4.69) is 19.2 Å². The largest absolute Gasteiger partial charge is 0.464 e. The van der Waals surface area contributed by atoms with Crippen LogP contribution in [0.1, 0.15) is 27.2 Å². The van der Waals surface area contributed by atoms with E-state index >= 15 is 0 Å².